The van der Waals surface area contributed by atoms with E-state index in [9.17, 15) is 22.8 Å². The molecule has 0 fully saturated rings. The third kappa shape index (κ3) is 6.20. The van der Waals surface area contributed by atoms with Gasteiger partial charge in [-0.3, -0.25) is 4.79 Å². The van der Waals surface area contributed by atoms with Gasteiger partial charge in [0.2, 0.25) is 5.91 Å². The predicted molar refractivity (Wildman–Crippen MR) is 81.7 cm³/mol. The fourth-order valence-electron chi connectivity index (χ4n) is 1.95. The van der Waals surface area contributed by atoms with Gasteiger partial charge in [-0.05, 0) is 24.6 Å². The minimum atomic E-state index is -4.73. The van der Waals surface area contributed by atoms with Crippen molar-refractivity contribution in [2.24, 2.45) is 0 Å². The first-order valence-corrected chi connectivity index (χ1v) is 7.02. The van der Waals surface area contributed by atoms with Crippen LogP contribution in [0.3, 0.4) is 0 Å². The highest BCUT2D eigenvalue weighted by molar-refractivity contribution is 5.84. The van der Waals surface area contributed by atoms with E-state index in [4.69, 9.17) is 10.5 Å². The van der Waals surface area contributed by atoms with E-state index in [-0.39, 0.29) is 6.61 Å². The molecule has 0 aliphatic heterocycles. The van der Waals surface area contributed by atoms with E-state index in [1.54, 1.807) is 6.92 Å². The first kappa shape index (κ1) is 19.4. The van der Waals surface area contributed by atoms with Gasteiger partial charge in [0.15, 0.2) is 0 Å². The van der Waals surface area contributed by atoms with Crippen LogP contribution in [0.1, 0.15) is 25.3 Å². The number of halogens is 3. The zero-order valence-corrected chi connectivity index (χ0v) is 13.1. The molecule has 130 valence electrons. The lowest BCUT2D eigenvalue weighted by molar-refractivity contribution is -0.147. The molecule has 0 radical (unpaired) electrons. The molecule has 0 heterocycles. The van der Waals surface area contributed by atoms with Gasteiger partial charge in [-0.2, -0.15) is 13.2 Å². The van der Waals surface area contributed by atoms with Gasteiger partial charge in [-0.15, -0.1) is 0 Å². The van der Waals surface area contributed by atoms with Crippen LogP contribution in [0, 0.1) is 11.8 Å². The van der Waals surface area contributed by atoms with E-state index in [1.165, 1.54) is 24.3 Å². The first-order chi connectivity index (χ1) is 11.1. The molecule has 0 aliphatic rings. The number of nitrogens with one attached hydrogen (secondary N) is 1. The van der Waals surface area contributed by atoms with Crippen LogP contribution in [-0.4, -0.2) is 30.7 Å². The fraction of sp³-hybridized carbons (Fsp3) is 0.375. The molecule has 5 nitrogen and oxygen atoms in total. The highest BCUT2D eigenvalue weighted by atomic mass is 19.4. The summed E-state index contributed by atoms with van der Waals surface area (Å²) in [6.07, 6.45) is -4.73. The number of amides is 1. The number of esters is 1. The quantitative estimate of drug-likeness (QED) is 0.487. The molecule has 24 heavy (non-hydrogen) atoms. The molecule has 1 amide bonds. The maximum Gasteiger partial charge on any atom is 0.457 e. The van der Waals surface area contributed by atoms with Crippen LogP contribution in [0.25, 0.3) is 0 Å². The minimum absolute atomic E-state index is 0.01000. The van der Waals surface area contributed by atoms with E-state index in [0.29, 0.717) is 11.3 Å². The Morgan fingerprint density at radius 2 is 1.88 bits per heavy atom. The van der Waals surface area contributed by atoms with Gasteiger partial charge in [-0.1, -0.05) is 18.1 Å². The highest BCUT2D eigenvalue weighted by Crippen LogP contribution is 2.23. The van der Waals surface area contributed by atoms with Gasteiger partial charge in [0, 0.05) is 18.5 Å². The molecule has 0 aliphatic carbocycles. The van der Waals surface area contributed by atoms with Gasteiger partial charge >= 0.3 is 12.1 Å². The number of alkyl halides is 3. The van der Waals surface area contributed by atoms with Gasteiger partial charge in [0.1, 0.15) is 6.04 Å². The Morgan fingerprint density at radius 3 is 2.33 bits per heavy atom. The monoisotopic (exact) mass is 342 g/mol. The average Bonchev–Trinajstić information content (AvgIpc) is 2.46. The Morgan fingerprint density at radius 1 is 1.29 bits per heavy atom. The van der Waals surface area contributed by atoms with E-state index < -0.39 is 30.0 Å². The number of anilines is 1. The molecule has 0 saturated carbocycles. The number of nitrogen functional groups attached to an aromatic ring is 1. The molecule has 0 bridgehead atoms. The van der Waals surface area contributed by atoms with Crippen molar-refractivity contribution in [3.05, 3.63) is 29.8 Å². The maximum atomic E-state index is 12.5. The highest BCUT2D eigenvalue weighted by Gasteiger charge is 2.32. The van der Waals surface area contributed by atoms with Crippen LogP contribution in [0.2, 0.25) is 0 Å². The molecule has 0 aromatic heterocycles. The second-order valence-electron chi connectivity index (χ2n) is 4.84. The molecule has 3 N–H and O–H groups in total. The van der Waals surface area contributed by atoms with Crippen LogP contribution >= 0.6 is 0 Å². The third-order valence-corrected chi connectivity index (χ3v) is 2.90. The van der Waals surface area contributed by atoms with Crippen molar-refractivity contribution >= 4 is 17.6 Å². The number of ether oxygens (including phenoxy) is 1. The maximum absolute atomic E-state index is 12.5. The molecular weight excluding hydrogens is 325 g/mol. The Balaban J connectivity index is 3.33. The summed E-state index contributed by atoms with van der Waals surface area (Å²) in [5.41, 5.74) is 6.25. The molecule has 1 aromatic rings. The third-order valence-electron chi connectivity index (χ3n) is 2.90. The molecule has 1 aromatic carbocycles. The van der Waals surface area contributed by atoms with Gasteiger partial charge in [0.05, 0.1) is 12.5 Å². The first-order valence-electron chi connectivity index (χ1n) is 7.02. The van der Waals surface area contributed by atoms with Crippen LogP contribution in [0.4, 0.5) is 18.9 Å². The summed E-state index contributed by atoms with van der Waals surface area (Å²) in [6.45, 7) is 2.70. The van der Waals surface area contributed by atoms with E-state index in [2.05, 4.69) is 5.32 Å². The van der Waals surface area contributed by atoms with Crippen molar-refractivity contribution in [3.63, 3.8) is 0 Å². The lowest BCUT2D eigenvalue weighted by Crippen LogP contribution is -2.44. The number of benzene rings is 1. The Kier molecular flexibility index (Phi) is 6.65. The average molecular weight is 342 g/mol. The number of hydrogen-bond donors (Lipinski definition) is 2. The van der Waals surface area contributed by atoms with Gasteiger partial charge < -0.3 is 15.8 Å². The SMILES string of the molecule is CCOC(=O)[C@@H](NC(C)=O)[C@H](C#CC(F)(F)F)c1ccc(N)cc1. The number of rotatable bonds is 5. The summed E-state index contributed by atoms with van der Waals surface area (Å²) >= 11 is 0. The number of nitrogens with two attached hydrogens (primary N) is 1. The molecule has 2 atom stereocenters. The van der Waals surface area contributed by atoms with Crippen molar-refractivity contribution in [2.75, 3.05) is 12.3 Å². The molecule has 8 heteroatoms. The summed E-state index contributed by atoms with van der Waals surface area (Å²) < 4.78 is 42.3. The molecule has 1 rings (SSSR count). The summed E-state index contributed by atoms with van der Waals surface area (Å²) in [7, 11) is 0. The number of carbonyl (C=O) groups is 2. The Hall–Kier alpha value is -2.69. The summed E-state index contributed by atoms with van der Waals surface area (Å²) in [5.74, 6) is 0.449. The standard InChI is InChI=1S/C16H17F3N2O3/c1-3-24-15(23)14(21-10(2)22)13(8-9-16(17,18)19)11-4-6-12(20)7-5-11/h4-7,13-14H,3,20H2,1-2H3,(H,21,22)/t13-,14+/m1/s1. The van der Waals surface area contributed by atoms with Crippen molar-refractivity contribution in [2.45, 2.75) is 32.0 Å². The van der Waals surface area contributed by atoms with Crippen LogP contribution in [0.5, 0.6) is 0 Å². The lowest BCUT2D eigenvalue weighted by Gasteiger charge is -2.22. The van der Waals surface area contributed by atoms with E-state index in [1.807, 2.05) is 5.92 Å². The summed E-state index contributed by atoms with van der Waals surface area (Å²) in [6, 6.07) is 4.44. The topological polar surface area (TPSA) is 81.4 Å². The molecule has 0 unspecified atom stereocenters. The molecule has 0 spiro atoms. The second-order valence-corrected chi connectivity index (χ2v) is 4.84. The largest absolute Gasteiger partial charge is 0.464 e. The summed E-state index contributed by atoms with van der Waals surface area (Å²) in [5, 5.41) is 2.30. The lowest BCUT2D eigenvalue weighted by atomic mass is 9.91. The van der Waals surface area contributed by atoms with Crippen LogP contribution < -0.4 is 11.1 Å². The van der Waals surface area contributed by atoms with E-state index >= 15 is 0 Å². The number of hydrogen-bond acceptors (Lipinski definition) is 4. The van der Waals surface area contributed by atoms with Crippen molar-refractivity contribution in [3.8, 4) is 11.8 Å². The number of carbonyl (C=O) groups excluding carboxylic acids is 2. The Labute approximate surface area is 137 Å². The van der Waals surface area contributed by atoms with Crippen molar-refractivity contribution in [1.82, 2.24) is 5.32 Å². The predicted octanol–water partition coefficient (Wildman–Crippen LogP) is 1.99. The zero-order chi connectivity index (χ0) is 18.3. The van der Waals surface area contributed by atoms with Crippen LogP contribution in [-0.2, 0) is 14.3 Å². The molecule has 0 saturated heterocycles. The van der Waals surface area contributed by atoms with Crippen molar-refractivity contribution < 1.29 is 27.5 Å². The summed E-state index contributed by atoms with van der Waals surface area (Å²) in [4.78, 5) is 23.4. The zero-order valence-electron chi connectivity index (χ0n) is 13.1. The fourth-order valence-corrected chi connectivity index (χ4v) is 1.95. The minimum Gasteiger partial charge on any atom is -0.464 e. The normalized spacial score (nSPS) is 13.2. The molecular formula is C16H17F3N2O3. The van der Waals surface area contributed by atoms with Crippen molar-refractivity contribution in [1.29, 1.82) is 0 Å². The smallest absolute Gasteiger partial charge is 0.457 e. The van der Waals surface area contributed by atoms with E-state index in [0.717, 1.165) is 12.8 Å². The van der Waals surface area contributed by atoms with Crippen LogP contribution in [0.15, 0.2) is 24.3 Å². The van der Waals surface area contributed by atoms with Gasteiger partial charge in [0.25, 0.3) is 0 Å². The Bertz CT molecular complexity index is 645. The van der Waals surface area contributed by atoms with Gasteiger partial charge in [-0.25, -0.2) is 4.79 Å². The second kappa shape index (κ2) is 8.24.